The molecule has 1 aliphatic rings. The third-order valence-corrected chi connectivity index (χ3v) is 5.42. The second-order valence-corrected chi connectivity index (χ2v) is 7.58. The maximum absolute atomic E-state index is 14.5. The average Bonchev–Trinajstić information content (AvgIpc) is 3.05. The zero-order chi connectivity index (χ0) is 22.8. The molecule has 0 spiro atoms. The van der Waals surface area contributed by atoms with Crippen molar-refractivity contribution >= 4 is 29.1 Å². The van der Waals surface area contributed by atoms with Crippen LogP contribution in [0.1, 0.15) is 38.3 Å². The summed E-state index contributed by atoms with van der Waals surface area (Å²) in [5.74, 6) is -3.55. The molecule has 31 heavy (non-hydrogen) atoms. The van der Waals surface area contributed by atoms with Crippen LogP contribution in [0, 0.1) is 0 Å². The molecule has 2 N–H and O–H groups in total. The summed E-state index contributed by atoms with van der Waals surface area (Å²) in [6.07, 6.45) is -2.48. The summed E-state index contributed by atoms with van der Waals surface area (Å²) >= 11 is 6.29. The van der Waals surface area contributed by atoms with Gasteiger partial charge in [0.25, 0.3) is 5.92 Å². The first-order valence-electron chi connectivity index (χ1n) is 9.85. The fraction of sp³-hybridized carbons (Fsp3) is 0.611. The summed E-state index contributed by atoms with van der Waals surface area (Å²) in [5.41, 5.74) is -0.887. The van der Waals surface area contributed by atoms with E-state index in [-0.39, 0.29) is 48.7 Å². The summed E-state index contributed by atoms with van der Waals surface area (Å²) in [4.78, 5) is 9.45. The number of hydrogen-bond acceptors (Lipinski definition) is 6. The summed E-state index contributed by atoms with van der Waals surface area (Å²) in [5, 5.41) is 9.19. The fourth-order valence-corrected chi connectivity index (χ4v) is 3.54. The minimum atomic E-state index is -4.63. The van der Waals surface area contributed by atoms with E-state index in [9.17, 15) is 22.0 Å². The number of hydrogen-bond donors (Lipinski definition) is 2. The molecule has 0 amide bonds. The molecule has 1 aliphatic heterocycles. The van der Waals surface area contributed by atoms with Crippen molar-refractivity contribution in [1.29, 1.82) is 0 Å². The molecule has 13 heteroatoms. The van der Waals surface area contributed by atoms with Crippen molar-refractivity contribution in [2.24, 2.45) is 0 Å². The average molecular weight is 468 g/mol. The lowest BCUT2D eigenvalue weighted by Crippen LogP contribution is -2.48. The van der Waals surface area contributed by atoms with Gasteiger partial charge in [0.1, 0.15) is 17.4 Å². The molecular weight excluding hydrogens is 445 g/mol. The molecule has 0 aliphatic carbocycles. The predicted molar refractivity (Wildman–Crippen MR) is 107 cm³/mol. The third-order valence-electron chi connectivity index (χ3n) is 5.04. The first kappa shape index (κ1) is 23.5. The van der Waals surface area contributed by atoms with Gasteiger partial charge in [-0.25, -0.2) is 18.4 Å². The number of anilines is 3. The van der Waals surface area contributed by atoms with Gasteiger partial charge in [-0.1, -0.05) is 25.4 Å². The van der Waals surface area contributed by atoms with Crippen LogP contribution in [0.2, 0.25) is 5.15 Å². The molecule has 1 atom stereocenters. The number of likely N-dealkylation sites (tertiary alicyclic amines) is 1. The number of nitrogens with one attached hydrogen (secondary N) is 2. The van der Waals surface area contributed by atoms with Crippen molar-refractivity contribution in [2.75, 3.05) is 36.8 Å². The molecule has 0 aromatic carbocycles. The zero-order valence-electron chi connectivity index (χ0n) is 17.0. The molecule has 1 saturated heterocycles. The Balaban J connectivity index is 1.86. The summed E-state index contributed by atoms with van der Waals surface area (Å²) in [6.45, 7) is 4.93. The van der Waals surface area contributed by atoms with Gasteiger partial charge in [0.15, 0.2) is 5.15 Å². The molecule has 0 saturated carbocycles. The maximum atomic E-state index is 14.5. The quantitative estimate of drug-likeness (QED) is 0.569. The zero-order valence-corrected chi connectivity index (χ0v) is 17.7. The van der Waals surface area contributed by atoms with E-state index < -0.39 is 23.7 Å². The molecule has 2 aromatic rings. The third kappa shape index (κ3) is 5.17. The van der Waals surface area contributed by atoms with E-state index in [1.807, 2.05) is 11.8 Å². The lowest BCUT2D eigenvalue weighted by Gasteiger charge is -2.38. The Bertz CT molecular complexity index is 902. The van der Waals surface area contributed by atoms with E-state index in [0.717, 1.165) is 4.68 Å². The van der Waals surface area contributed by atoms with E-state index in [1.54, 1.807) is 6.92 Å². The highest BCUT2D eigenvalue weighted by Crippen LogP contribution is 2.40. The van der Waals surface area contributed by atoms with Crippen molar-refractivity contribution in [3.8, 4) is 0 Å². The molecule has 0 radical (unpaired) electrons. The number of nitrogens with zero attached hydrogens (tertiary/aromatic N) is 5. The van der Waals surface area contributed by atoms with Crippen LogP contribution in [-0.4, -0.2) is 56.7 Å². The van der Waals surface area contributed by atoms with Crippen LogP contribution in [0.25, 0.3) is 0 Å². The Hall–Kier alpha value is -2.21. The van der Waals surface area contributed by atoms with Gasteiger partial charge < -0.3 is 15.5 Å². The number of halogens is 6. The van der Waals surface area contributed by atoms with Gasteiger partial charge in [0.05, 0.1) is 11.9 Å². The topological polar surface area (TPSA) is 70.9 Å². The Labute approximate surface area is 181 Å². The van der Waals surface area contributed by atoms with Crippen LogP contribution >= 0.6 is 11.6 Å². The van der Waals surface area contributed by atoms with Crippen molar-refractivity contribution in [1.82, 2.24) is 24.6 Å². The highest BCUT2D eigenvalue weighted by atomic mass is 35.5. The monoisotopic (exact) mass is 467 g/mol. The lowest BCUT2D eigenvalue weighted by atomic mass is 10.0. The maximum Gasteiger partial charge on any atom is 0.421 e. The molecule has 1 fully saturated rings. The summed E-state index contributed by atoms with van der Waals surface area (Å²) in [7, 11) is 0. The highest BCUT2D eigenvalue weighted by Gasteiger charge is 2.46. The molecule has 2 aromatic heterocycles. The summed E-state index contributed by atoms with van der Waals surface area (Å²) in [6, 6.07) is -1.26. The molecule has 7 nitrogen and oxygen atoms in total. The van der Waals surface area contributed by atoms with Crippen molar-refractivity contribution in [3.63, 3.8) is 0 Å². The Morgan fingerprint density at radius 1 is 1.26 bits per heavy atom. The predicted octanol–water partition coefficient (Wildman–Crippen LogP) is 4.81. The van der Waals surface area contributed by atoms with E-state index in [4.69, 9.17) is 11.6 Å². The van der Waals surface area contributed by atoms with Crippen molar-refractivity contribution in [2.45, 2.75) is 44.8 Å². The Kier molecular flexibility index (Phi) is 6.89. The minimum Gasteiger partial charge on any atom is -0.369 e. The van der Waals surface area contributed by atoms with Crippen molar-refractivity contribution in [3.05, 3.63) is 23.1 Å². The molecule has 172 valence electrons. The standard InChI is InChI=1S/C18H23ClF5N7/c1-3-6-25-15-11(18(22,23)24)8-26-16(29-15)28-12-9-27-31(14(12)19)13-10-30(4-2)7-5-17(13,20)21/h8-9,13H,3-7,10H2,1-2H3,(H2,25,26,28,29). The van der Waals surface area contributed by atoms with Crippen LogP contribution in [-0.2, 0) is 6.18 Å². The van der Waals surface area contributed by atoms with Crippen molar-refractivity contribution < 1.29 is 22.0 Å². The van der Waals surface area contributed by atoms with Gasteiger partial charge in [0, 0.05) is 32.3 Å². The first-order valence-corrected chi connectivity index (χ1v) is 10.2. The van der Waals surface area contributed by atoms with E-state index in [0.29, 0.717) is 19.2 Å². The van der Waals surface area contributed by atoms with E-state index >= 15 is 0 Å². The molecular formula is C18H23ClF5N7. The summed E-state index contributed by atoms with van der Waals surface area (Å²) < 4.78 is 69.6. The molecule has 1 unspecified atom stereocenters. The second-order valence-electron chi connectivity index (χ2n) is 7.22. The minimum absolute atomic E-state index is 0.0756. The van der Waals surface area contributed by atoms with Crippen LogP contribution in [0.15, 0.2) is 12.4 Å². The number of alkyl halides is 5. The molecule has 0 bridgehead atoms. The van der Waals surface area contributed by atoms with Crippen LogP contribution < -0.4 is 10.6 Å². The largest absolute Gasteiger partial charge is 0.421 e. The lowest BCUT2D eigenvalue weighted by molar-refractivity contribution is -0.137. The SMILES string of the molecule is CCCNc1nc(Nc2cnn(C3CN(CC)CCC3(F)F)c2Cl)ncc1C(F)(F)F. The van der Waals surface area contributed by atoms with Crippen LogP contribution in [0.4, 0.5) is 39.4 Å². The number of aromatic nitrogens is 4. The van der Waals surface area contributed by atoms with Crippen LogP contribution in [0.3, 0.4) is 0 Å². The number of rotatable bonds is 7. The second kappa shape index (κ2) is 9.11. The van der Waals surface area contributed by atoms with Gasteiger partial charge in [-0.2, -0.15) is 23.3 Å². The fourth-order valence-electron chi connectivity index (χ4n) is 3.28. The molecule has 3 heterocycles. The van der Waals surface area contributed by atoms with Gasteiger partial charge in [-0.05, 0) is 13.0 Å². The van der Waals surface area contributed by atoms with Gasteiger partial charge in [-0.15, -0.1) is 0 Å². The number of piperidine rings is 1. The molecule has 3 rings (SSSR count). The van der Waals surface area contributed by atoms with E-state index in [1.165, 1.54) is 6.20 Å². The Morgan fingerprint density at radius 2 is 2.00 bits per heavy atom. The van der Waals surface area contributed by atoms with Gasteiger partial charge >= 0.3 is 6.18 Å². The Morgan fingerprint density at radius 3 is 2.65 bits per heavy atom. The highest BCUT2D eigenvalue weighted by molar-refractivity contribution is 6.32. The van der Waals surface area contributed by atoms with Gasteiger partial charge in [0.2, 0.25) is 5.95 Å². The smallest absolute Gasteiger partial charge is 0.369 e. The van der Waals surface area contributed by atoms with Gasteiger partial charge in [-0.3, -0.25) is 0 Å². The number of likely N-dealkylation sites (N-methyl/N-ethyl adjacent to an activating group) is 1. The van der Waals surface area contributed by atoms with Crippen LogP contribution in [0.5, 0.6) is 0 Å². The first-order chi connectivity index (χ1) is 14.6. The normalized spacial score (nSPS) is 19.4. The van der Waals surface area contributed by atoms with E-state index in [2.05, 4.69) is 25.7 Å².